The molecule has 104 valence electrons. The molecule has 20 heavy (non-hydrogen) atoms. The number of hydrogen-bond acceptors (Lipinski definition) is 2. The lowest BCUT2D eigenvalue weighted by Crippen LogP contribution is -2.14. The van der Waals surface area contributed by atoms with Crippen molar-refractivity contribution in [1.82, 2.24) is 0 Å². The van der Waals surface area contributed by atoms with E-state index in [1.54, 1.807) is 24.3 Å². The van der Waals surface area contributed by atoms with E-state index in [1.165, 1.54) is 0 Å². The van der Waals surface area contributed by atoms with Gasteiger partial charge in [-0.15, -0.1) is 0 Å². The third kappa shape index (κ3) is 3.18. The predicted molar refractivity (Wildman–Crippen MR) is 81.2 cm³/mol. The Morgan fingerprint density at radius 1 is 1.15 bits per heavy atom. The molecule has 4 heteroatoms. The van der Waals surface area contributed by atoms with Gasteiger partial charge in [-0.3, -0.25) is 4.79 Å². The quantitative estimate of drug-likeness (QED) is 0.905. The summed E-state index contributed by atoms with van der Waals surface area (Å²) in [5.41, 5.74) is 3.82. The molecule has 0 saturated carbocycles. The van der Waals surface area contributed by atoms with E-state index >= 15 is 0 Å². The Morgan fingerprint density at radius 2 is 1.90 bits per heavy atom. The molecule has 2 aromatic carbocycles. The van der Waals surface area contributed by atoms with Gasteiger partial charge in [-0.2, -0.15) is 0 Å². The lowest BCUT2D eigenvalue weighted by atomic mass is 10.1. The Labute approximate surface area is 123 Å². The zero-order valence-corrected chi connectivity index (χ0v) is 12.2. The average Bonchev–Trinajstić information content (AvgIpc) is 2.41. The van der Waals surface area contributed by atoms with Gasteiger partial charge in [0, 0.05) is 16.3 Å². The normalized spacial score (nSPS) is 10.4. The zero-order chi connectivity index (χ0) is 14.7. The summed E-state index contributed by atoms with van der Waals surface area (Å²) in [6, 6.07) is 10.6. The third-order valence-electron chi connectivity index (χ3n) is 3.17. The second-order valence-electron chi connectivity index (χ2n) is 4.72. The fourth-order valence-corrected chi connectivity index (χ4v) is 2.20. The van der Waals surface area contributed by atoms with Crippen molar-refractivity contribution in [2.45, 2.75) is 20.5 Å². The molecule has 0 spiro atoms. The summed E-state index contributed by atoms with van der Waals surface area (Å²) in [5, 5.41) is 12.6. The van der Waals surface area contributed by atoms with Crippen LogP contribution >= 0.6 is 11.6 Å². The fourth-order valence-electron chi connectivity index (χ4n) is 1.97. The van der Waals surface area contributed by atoms with Gasteiger partial charge in [0.2, 0.25) is 0 Å². The molecule has 0 bridgehead atoms. The summed E-state index contributed by atoms with van der Waals surface area (Å²) in [7, 11) is 0. The van der Waals surface area contributed by atoms with Crippen molar-refractivity contribution in [3.63, 3.8) is 0 Å². The molecule has 0 fully saturated rings. The van der Waals surface area contributed by atoms with Gasteiger partial charge >= 0.3 is 0 Å². The van der Waals surface area contributed by atoms with Crippen molar-refractivity contribution in [1.29, 1.82) is 0 Å². The SMILES string of the molecule is Cc1ccc(CO)cc1NC(=O)c1ccc(Cl)cc1C. The maximum atomic E-state index is 12.3. The average molecular weight is 290 g/mol. The minimum Gasteiger partial charge on any atom is -0.392 e. The number of aliphatic hydroxyl groups excluding tert-OH is 1. The van der Waals surface area contributed by atoms with E-state index in [1.807, 2.05) is 26.0 Å². The summed E-state index contributed by atoms with van der Waals surface area (Å²) in [5.74, 6) is -0.183. The second kappa shape index (κ2) is 6.07. The van der Waals surface area contributed by atoms with Gasteiger partial charge in [0.25, 0.3) is 5.91 Å². The molecule has 0 heterocycles. The molecule has 0 aliphatic carbocycles. The van der Waals surface area contributed by atoms with E-state index in [4.69, 9.17) is 16.7 Å². The third-order valence-corrected chi connectivity index (χ3v) is 3.40. The standard InChI is InChI=1S/C16H16ClNO2/c1-10-3-4-12(9-19)8-15(10)18-16(20)14-6-5-13(17)7-11(14)2/h3-8,19H,9H2,1-2H3,(H,18,20). The monoisotopic (exact) mass is 289 g/mol. The lowest BCUT2D eigenvalue weighted by Gasteiger charge is -2.11. The first-order chi connectivity index (χ1) is 9.51. The molecular weight excluding hydrogens is 274 g/mol. The van der Waals surface area contributed by atoms with Crippen LogP contribution in [0, 0.1) is 13.8 Å². The first-order valence-electron chi connectivity index (χ1n) is 6.29. The highest BCUT2D eigenvalue weighted by molar-refractivity contribution is 6.30. The summed E-state index contributed by atoms with van der Waals surface area (Å²) in [6.45, 7) is 3.70. The summed E-state index contributed by atoms with van der Waals surface area (Å²) in [4.78, 5) is 12.3. The molecule has 0 aromatic heterocycles. The number of halogens is 1. The van der Waals surface area contributed by atoms with E-state index in [0.29, 0.717) is 16.3 Å². The van der Waals surface area contributed by atoms with Gasteiger partial charge in [0.15, 0.2) is 0 Å². The molecule has 2 rings (SSSR count). The number of carbonyl (C=O) groups excluding carboxylic acids is 1. The number of hydrogen-bond donors (Lipinski definition) is 2. The lowest BCUT2D eigenvalue weighted by molar-refractivity contribution is 0.102. The van der Waals surface area contributed by atoms with Gasteiger partial charge in [-0.05, 0) is 54.8 Å². The van der Waals surface area contributed by atoms with Crippen molar-refractivity contribution in [3.05, 3.63) is 63.7 Å². The zero-order valence-electron chi connectivity index (χ0n) is 11.4. The van der Waals surface area contributed by atoms with Crippen molar-refractivity contribution >= 4 is 23.2 Å². The Morgan fingerprint density at radius 3 is 2.55 bits per heavy atom. The largest absolute Gasteiger partial charge is 0.392 e. The van der Waals surface area contributed by atoms with E-state index in [0.717, 1.165) is 16.7 Å². The molecule has 0 aliphatic rings. The Balaban J connectivity index is 2.27. The van der Waals surface area contributed by atoms with Crippen LogP contribution in [0.15, 0.2) is 36.4 Å². The molecule has 1 amide bonds. The number of anilines is 1. The summed E-state index contributed by atoms with van der Waals surface area (Å²) >= 11 is 5.89. The van der Waals surface area contributed by atoms with Crippen LogP contribution in [0.4, 0.5) is 5.69 Å². The number of aliphatic hydroxyl groups is 1. The maximum absolute atomic E-state index is 12.3. The highest BCUT2D eigenvalue weighted by Gasteiger charge is 2.11. The van der Waals surface area contributed by atoms with Crippen LogP contribution in [-0.4, -0.2) is 11.0 Å². The number of amides is 1. The Kier molecular flexibility index (Phi) is 4.42. The van der Waals surface area contributed by atoms with Crippen molar-refractivity contribution < 1.29 is 9.90 Å². The number of aryl methyl sites for hydroxylation is 2. The van der Waals surface area contributed by atoms with E-state index in [9.17, 15) is 4.79 Å². The fraction of sp³-hybridized carbons (Fsp3) is 0.188. The molecular formula is C16H16ClNO2. The molecule has 0 saturated heterocycles. The number of benzene rings is 2. The first-order valence-corrected chi connectivity index (χ1v) is 6.67. The van der Waals surface area contributed by atoms with E-state index < -0.39 is 0 Å². The molecule has 0 unspecified atom stereocenters. The van der Waals surface area contributed by atoms with Crippen LogP contribution in [0.2, 0.25) is 5.02 Å². The van der Waals surface area contributed by atoms with Gasteiger partial charge < -0.3 is 10.4 Å². The Bertz CT molecular complexity index is 653. The molecule has 2 aromatic rings. The molecule has 3 nitrogen and oxygen atoms in total. The summed E-state index contributed by atoms with van der Waals surface area (Å²) in [6.07, 6.45) is 0. The van der Waals surface area contributed by atoms with E-state index in [2.05, 4.69) is 5.32 Å². The molecule has 0 aliphatic heterocycles. The van der Waals surface area contributed by atoms with E-state index in [-0.39, 0.29) is 12.5 Å². The van der Waals surface area contributed by atoms with Gasteiger partial charge in [0.1, 0.15) is 0 Å². The molecule has 0 atom stereocenters. The smallest absolute Gasteiger partial charge is 0.255 e. The maximum Gasteiger partial charge on any atom is 0.255 e. The summed E-state index contributed by atoms with van der Waals surface area (Å²) < 4.78 is 0. The van der Waals surface area contributed by atoms with Gasteiger partial charge in [0.05, 0.1) is 6.61 Å². The molecule has 2 N–H and O–H groups in total. The van der Waals surface area contributed by atoms with Crippen LogP contribution < -0.4 is 5.32 Å². The topological polar surface area (TPSA) is 49.3 Å². The Hall–Kier alpha value is -1.84. The van der Waals surface area contributed by atoms with Gasteiger partial charge in [-0.1, -0.05) is 23.7 Å². The molecule has 0 radical (unpaired) electrons. The van der Waals surface area contributed by atoms with Gasteiger partial charge in [-0.25, -0.2) is 0 Å². The predicted octanol–water partition coefficient (Wildman–Crippen LogP) is 3.70. The number of nitrogens with one attached hydrogen (secondary N) is 1. The van der Waals surface area contributed by atoms with Crippen LogP contribution in [0.1, 0.15) is 27.0 Å². The number of carbonyl (C=O) groups is 1. The first kappa shape index (κ1) is 14.6. The number of rotatable bonds is 3. The van der Waals surface area contributed by atoms with Crippen molar-refractivity contribution in [3.8, 4) is 0 Å². The minimum atomic E-state index is -0.183. The van der Waals surface area contributed by atoms with Crippen molar-refractivity contribution in [2.24, 2.45) is 0 Å². The van der Waals surface area contributed by atoms with Crippen LogP contribution in [0.5, 0.6) is 0 Å². The second-order valence-corrected chi connectivity index (χ2v) is 5.16. The highest BCUT2D eigenvalue weighted by Crippen LogP contribution is 2.20. The van der Waals surface area contributed by atoms with Crippen LogP contribution in [-0.2, 0) is 6.61 Å². The van der Waals surface area contributed by atoms with Crippen molar-refractivity contribution in [2.75, 3.05) is 5.32 Å². The highest BCUT2D eigenvalue weighted by atomic mass is 35.5. The van der Waals surface area contributed by atoms with Crippen LogP contribution in [0.3, 0.4) is 0 Å². The van der Waals surface area contributed by atoms with Crippen LogP contribution in [0.25, 0.3) is 0 Å². The minimum absolute atomic E-state index is 0.0525.